The van der Waals surface area contributed by atoms with Gasteiger partial charge in [0, 0.05) is 12.6 Å². The fraction of sp³-hybridized carbons (Fsp3) is 0.500. The molecule has 4 rings (SSSR count). The molecule has 1 aliphatic heterocycles. The van der Waals surface area contributed by atoms with Crippen LogP contribution in [0.3, 0.4) is 0 Å². The van der Waals surface area contributed by atoms with Crippen LogP contribution in [0.4, 0.5) is 4.39 Å². The molecule has 26 heavy (non-hydrogen) atoms. The summed E-state index contributed by atoms with van der Waals surface area (Å²) in [6, 6.07) is 5.94. The van der Waals surface area contributed by atoms with Gasteiger partial charge in [-0.05, 0) is 49.9 Å². The van der Waals surface area contributed by atoms with Crippen molar-refractivity contribution in [2.75, 3.05) is 13.1 Å². The van der Waals surface area contributed by atoms with Crippen molar-refractivity contribution in [1.29, 1.82) is 0 Å². The molecule has 2 heterocycles. The molecule has 1 aromatic heterocycles. The third-order valence-corrected chi connectivity index (χ3v) is 4.87. The van der Waals surface area contributed by atoms with E-state index in [1.54, 1.807) is 12.1 Å². The van der Waals surface area contributed by atoms with Crippen LogP contribution in [0.2, 0.25) is 0 Å². The number of hydrogen-bond donors (Lipinski definition) is 2. The lowest BCUT2D eigenvalue weighted by atomic mass is 10.1. The van der Waals surface area contributed by atoms with Crippen LogP contribution in [0.5, 0.6) is 0 Å². The number of aliphatic hydroxyl groups is 1. The third kappa shape index (κ3) is 3.76. The first-order chi connectivity index (χ1) is 12.6. The van der Waals surface area contributed by atoms with Gasteiger partial charge in [0.15, 0.2) is 0 Å². The molecular formula is C18H21FN4O3. The lowest BCUT2D eigenvalue weighted by Gasteiger charge is -2.24. The van der Waals surface area contributed by atoms with Crippen LogP contribution in [-0.2, 0) is 0 Å². The molecule has 1 aliphatic carbocycles. The predicted octanol–water partition coefficient (Wildman–Crippen LogP) is 1.97. The van der Waals surface area contributed by atoms with Crippen LogP contribution in [-0.4, -0.2) is 45.2 Å². The van der Waals surface area contributed by atoms with Crippen molar-refractivity contribution in [3.8, 4) is 0 Å². The Hall–Kier alpha value is -2.32. The fourth-order valence-electron chi connectivity index (χ4n) is 3.28. The highest BCUT2D eigenvalue weighted by molar-refractivity contribution is 5.90. The van der Waals surface area contributed by atoms with Crippen molar-refractivity contribution >= 4 is 5.91 Å². The molecule has 2 fully saturated rings. The van der Waals surface area contributed by atoms with Crippen LogP contribution in [0.1, 0.15) is 59.9 Å². The van der Waals surface area contributed by atoms with Crippen molar-refractivity contribution in [2.24, 2.45) is 0 Å². The van der Waals surface area contributed by atoms with E-state index < -0.39 is 6.10 Å². The quantitative estimate of drug-likeness (QED) is 0.818. The van der Waals surface area contributed by atoms with E-state index in [4.69, 9.17) is 4.52 Å². The highest BCUT2D eigenvalue weighted by atomic mass is 19.1. The molecule has 2 aliphatic rings. The van der Waals surface area contributed by atoms with E-state index in [2.05, 4.69) is 20.4 Å². The van der Waals surface area contributed by atoms with Crippen LogP contribution in [0.25, 0.3) is 0 Å². The van der Waals surface area contributed by atoms with Crippen molar-refractivity contribution < 1.29 is 18.8 Å². The fourth-order valence-corrected chi connectivity index (χ4v) is 3.28. The molecule has 138 valence electrons. The number of carbonyl (C=O) groups is 1. The number of aliphatic hydroxyl groups excluding tert-OH is 1. The first kappa shape index (κ1) is 17.1. The average molecular weight is 360 g/mol. The van der Waals surface area contributed by atoms with Gasteiger partial charge in [0.2, 0.25) is 5.89 Å². The minimum absolute atomic E-state index is 0.0535. The molecule has 2 atom stereocenters. The molecule has 7 nitrogen and oxygen atoms in total. The molecule has 8 heteroatoms. The van der Waals surface area contributed by atoms with E-state index in [0.717, 1.165) is 32.2 Å². The van der Waals surface area contributed by atoms with E-state index >= 15 is 0 Å². The normalized spacial score (nSPS) is 21.7. The lowest BCUT2D eigenvalue weighted by Crippen LogP contribution is -2.29. The number of benzene rings is 1. The van der Waals surface area contributed by atoms with Crippen LogP contribution < -0.4 is 5.32 Å². The molecule has 0 unspecified atom stereocenters. The Morgan fingerprint density at radius 1 is 1.35 bits per heavy atom. The summed E-state index contributed by atoms with van der Waals surface area (Å²) < 4.78 is 18.3. The van der Waals surface area contributed by atoms with Crippen LogP contribution in [0, 0.1) is 5.82 Å². The summed E-state index contributed by atoms with van der Waals surface area (Å²) in [6.07, 6.45) is 3.01. The number of nitrogens with zero attached hydrogens (tertiary/aromatic N) is 3. The van der Waals surface area contributed by atoms with Gasteiger partial charge in [0.05, 0.1) is 12.1 Å². The van der Waals surface area contributed by atoms with Gasteiger partial charge in [-0.15, -0.1) is 0 Å². The minimum atomic E-state index is -0.739. The predicted molar refractivity (Wildman–Crippen MR) is 89.7 cm³/mol. The van der Waals surface area contributed by atoms with Crippen molar-refractivity contribution in [3.05, 3.63) is 47.4 Å². The number of amides is 1. The molecule has 0 bridgehead atoms. The van der Waals surface area contributed by atoms with Gasteiger partial charge in [-0.3, -0.25) is 9.69 Å². The summed E-state index contributed by atoms with van der Waals surface area (Å²) in [5, 5.41) is 17.1. The monoisotopic (exact) mass is 360 g/mol. The largest absolute Gasteiger partial charge is 0.387 e. The third-order valence-electron chi connectivity index (χ3n) is 4.87. The first-order valence-electron chi connectivity index (χ1n) is 8.92. The minimum Gasteiger partial charge on any atom is -0.387 e. The summed E-state index contributed by atoms with van der Waals surface area (Å²) in [4.78, 5) is 18.3. The second kappa shape index (κ2) is 7.13. The zero-order valence-corrected chi connectivity index (χ0v) is 14.3. The Kier molecular flexibility index (Phi) is 4.69. The maximum absolute atomic E-state index is 13.0. The topological polar surface area (TPSA) is 91.5 Å². The highest BCUT2D eigenvalue weighted by Crippen LogP contribution is 2.32. The first-order valence-corrected chi connectivity index (χ1v) is 8.92. The Bertz CT molecular complexity index is 775. The van der Waals surface area contributed by atoms with E-state index in [1.165, 1.54) is 12.1 Å². The molecule has 2 N–H and O–H groups in total. The Balaban J connectivity index is 1.42. The number of carbonyl (C=O) groups excluding carboxylic acids is 1. The zero-order valence-electron chi connectivity index (χ0n) is 14.3. The van der Waals surface area contributed by atoms with Crippen LogP contribution >= 0.6 is 0 Å². The van der Waals surface area contributed by atoms with Gasteiger partial charge in [-0.1, -0.05) is 17.3 Å². The molecule has 1 saturated heterocycles. The second-order valence-corrected chi connectivity index (χ2v) is 6.92. The van der Waals surface area contributed by atoms with Gasteiger partial charge < -0.3 is 14.9 Å². The van der Waals surface area contributed by atoms with Gasteiger partial charge in [0.1, 0.15) is 5.82 Å². The van der Waals surface area contributed by atoms with Crippen molar-refractivity contribution in [2.45, 2.75) is 43.9 Å². The number of likely N-dealkylation sites (tertiary alicyclic amines) is 1. The molecule has 1 aromatic carbocycles. The SMILES string of the molecule is O=C(NC1CC1)c1noc([C@H]2CCCN2C[C@@H](O)c2ccc(F)cc2)n1. The Morgan fingerprint density at radius 2 is 2.12 bits per heavy atom. The Morgan fingerprint density at radius 3 is 2.85 bits per heavy atom. The number of nitrogens with one attached hydrogen (secondary N) is 1. The van der Waals surface area contributed by atoms with Gasteiger partial charge in [-0.2, -0.15) is 4.98 Å². The zero-order chi connectivity index (χ0) is 18.1. The number of β-amino-alcohol motifs (C(OH)–C–C–N with tert-alkyl or cyclic N) is 1. The molecule has 0 spiro atoms. The van der Waals surface area contributed by atoms with Gasteiger partial charge in [-0.25, -0.2) is 4.39 Å². The number of hydrogen-bond acceptors (Lipinski definition) is 6. The number of rotatable bonds is 6. The Labute approximate surface area is 150 Å². The van der Waals surface area contributed by atoms with Gasteiger partial charge in [0.25, 0.3) is 11.7 Å². The van der Waals surface area contributed by atoms with Crippen molar-refractivity contribution in [1.82, 2.24) is 20.4 Å². The van der Waals surface area contributed by atoms with E-state index in [-0.39, 0.29) is 29.6 Å². The number of halogens is 1. The highest BCUT2D eigenvalue weighted by Gasteiger charge is 2.33. The molecule has 1 amide bonds. The molecular weight excluding hydrogens is 339 g/mol. The summed E-state index contributed by atoms with van der Waals surface area (Å²) in [5.74, 6) is -0.186. The maximum atomic E-state index is 13.0. The van der Waals surface area contributed by atoms with E-state index in [1.807, 2.05) is 0 Å². The average Bonchev–Trinajstić information content (AvgIpc) is 3.11. The molecule has 2 aromatic rings. The van der Waals surface area contributed by atoms with Gasteiger partial charge >= 0.3 is 0 Å². The standard InChI is InChI=1S/C18H21FN4O3/c19-12-5-3-11(4-6-12)15(24)10-23-9-1-2-14(23)18-21-16(22-26-18)17(25)20-13-7-8-13/h3-6,13-15,24H,1-2,7-10H2,(H,20,25)/t14-,15-/m1/s1. The molecule has 1 saturated carbocycles. The smallest absolute Gasteiger partial charge is 0.292 e. The van der Waals surface area contributed by atoms with Crippen molar-refractivity contribution in [3.63, 3.8) is 0 Å². The van der Waals surface area contributed by atoms with E-state index in [0.29, 0.717) is 18.0 Å². The van der Waals surface area contributed by atoms with Crippen LogP contribution in [0.15, 0.2) is 28.8 Å². The lowest BCUT2D eigenvalue weighted by molar-refractivity contribution is 0.0937. The second-order valence-electron chi connectivity index (χ2n) is 6.92. The summed E-state index contributed by atoms with van der Waals surface area (Å²) in [5.41, 5.74) is 0.659. The summed E-state index contributed by atoms with van der Waals surface area (Å²) in [6.45, 7) is 1.16. The van der Waals surface area contributed by atoms with E-state index in [9.17, 15) is 14.3 Å². The summed E-state index contributed by atoms with van der Waals surface area (Å²) >= 11 is 0. The number of aromatic nitrogens is 2. The summed E-state index contributed by atoms with van der Waals surface area (Å²) in [7, 11) is 0. The molecule has 0 radical (unpaired) electrons. The maximum Gasteiger partial charge on any atom is 0.292 e.